The van der Waals surface area contributed by atoms with E-state index in [-0.39, 0.29) is 18.9 Å². The van der Waals surface area contributed by atoms with Crippen LogP contribution in [0.15, 0.2) is 18.3 Å². The van der Waals surface area contributed by atoms with Gasteiger partial charge in [0.05, 0.1) is 5.69 Å². The molecule has 10 heteroatoms. The summed E-state index contributed by atoms with van der Waals surface area (Å²) in [7, 11) is -3.65. The SMILES string of the molecule is NS(=O)(=O)N1CCN(c2ccc([N+](=O)[O-])nc2)CC1. The van der Waals surface area contributed by atoms with Crippen LogP contribution in [0.4, 0.5) is 11.5 Å². The first kappa shape index (κ1) is 13.6. The van der Waals surface area contributed by atoms with E-state index in [9.17, 15) is 18.5 Å². The van der Waals surface area contributed by atoms with E-state index in [0.717, 1.165) is 5.69 Å². The van der Waals surface area contributed by atoms with E-state index in [1.54, 1.807) is 6.07 Å². The predicted octanol–water partition coefficient (Wildman–Crippen LogP) is -0.685. The largest absolute Gasteiger partial charge is 0.366 e. The van der Waals surface area contributed by atoms with Crippen molar-refractivity contribution < 1.29 is 13.3 Å². The van der Waals surface area contributed by atoms with Crippen molar-refractivity contribution in [3.8, 4) is 0 Å². The topological polar surface area (TPSA) is 123 Å². The minimum atomic E-state index is -3.65. The minimum absolute atomic E-state index is 0.216. The van der Waals surface area contributed by atoms with Gasteiger partial charge in [0.15, 0.2) is 6.20 Å². The van der Waals surface area contributed by atoms with Crippen molar-refractivity contribution in [3.63, 3.8) is 0 Å². The highest BCUT2D eigenvalue weighted by Crippen LogP contribution is 2.18. The Bertz CT molecular complexity index is 565. The second-order valence-corrected chi connectivity index (χ2v) is 5.61. The molecule has 0 amide bonds. The van der Waals surface area contributed by atoms with E-state index in [1.165, 1.54) is 16.6 Å². The van der Waals surface area contributed by atoms with Gasteiger partial charge in [-0.3, -0.25) is 0 Å². The Morgan fingerprint density at radius 2 is 1.89 bits per heavy atom. The average molecular weight is 287 g/mol. The molecule has 0 spiro atoms. The van der Waals surface area contributed by atoms with Gasteiger partial charge >= 0.3 is 5.82 Å². The summed E-state index contributed by atoms with van der Waals surface area (Å²) in [6.07, 6.45) is 1.41. The van der Waals surface area contributed by atoms with Crippen LogP contribution in [0.25, 0.3) is 0 Å². The van der Waals surface area contributed by atoms with Crippen LogP contribution in [0.3, 0.4) is 0 Å². The number of pyridine rings is 1. The zero-order valence-electron chi connectivity index (χ0n) is 9.97. The van der Waals surface area contributed by atoms with Crippen LogP contribution >= 0.6 is 0 Å². The van der Waals surface area contributed by atoms with Gasteiger partial charge in [0.25, 0.3) is 10.2 Å². The smallest absolute Gasteiger partial charge is 0.363 e. The molecule has 1 aliphatic heterocycles. The number of anilines is 1. The van der Waals surface area contributed by atoms with Crippen LogP contribution in [0.1, 0.15) is 0 Å². The maximum absolute atomic E-state index is 11.1. The fourth-order valence-electron chi connectivity index (χ4n) is 1.87. The first-order chi connectivity index (χ1) is 8.88. The van der Waals surface area contributed by atoms with E-state index in [0.29, 0.717) is 13.1 Å². The molecule has 9 nitrogen and oxygen atoms in total. The molecule has 2 N–H and O–H groups in total. The number of aromatic nitrogens is 1. The van der Waals surface area contributed by atoms with Crippen molar-refractivity contribution in [1.29, 1.82) is 0 Å². The lowest BCUT2D eigenvalue weighted by Crippen LogP contribution is -2.50. The standard InChI is InChI=1S/C9H13N5O4S/c10-19(17,18)13-5-3-12(4-6-13)8-1-2-9(11-7-8)14(15)16/h1-2,7H,3-6H2,(H2,10,17,18). The number of nitrogens with zero attached hydrogens (tertiary/aromatic N) is 4. The predicted molar refractivity (Wildman–Crippen MR) is 67.8 cm³/mol. The molecule has 0 aliphatic carbocycles. The van der Waals surface area contributed by atoms with Gasteiger partial charge in [-0.25, -0.2) is 5.14 Å². The minimum Gasteiger partial charge on any atom is -0.366 e. The van der Waals surface area contributed by atoms with E-state index < -0.39 is 15.1 Å². The molecule has 0 aromatic carbocycles. The fourth-order valence-corrected chi connectivity index (χ4v) is 2.55. The van der Waals surface area contributed by atoms with Crippen LogP contribution in [0.5, 0.6) is 0 Å². The van der Waals surface area contributed by atoms with Crippen molar-refractivity contribution in [2.24, 2.45) is 5.14 Å². The molecule has 0 bridgehead atoms. The van der Waals surface area contributed by atoms with E-state index in [2.05, 4.69) is 4.98 Å². The molecular formula is C9H13N5O4S. The molecule has 104 valence electrons. The summed E-state index contributed by atoms with van der Waals surface area (Å²) in [4.78, 5) is 15.5. The van der Waals surface area contributed by atoms with Crippen molar-refractivity contribution in [2.75, 3.05) is 31.1 Å². The van der Waals surface area contributed by atoms with Gasteiger partial charge in [0.2, 0.25) is 0 Å². The van der Waals surface area contributed by atoms with Crippen LogP contribution < -0.4 is 10.0 Å². The molecule has 2 rings (SSSR count). The zero-order chi connectivity index (χ0) is 14.0. The van der Waals surface area contributed by atoms with Crippen molar-refractivity contribution in [1.82, 2.24) is 9.29 Å². The average Bonchev–Trinajstić information content (AvgIpc) is 2.38. The highest BCUT2D eigenvalue weighted by atomic mass is 32.2. The Morgan fingerprint density at radius 1 is 1.26 bits per heavy atom. The fraction of sp³-hybridized carbons (Fsp3) is 0.444. The molecule has 1 fully saturated rings. The van der Waals surface area contributed by atoms with Gasteiger partial charge in [0.1, 0.15) is 0 Å². The Morgan fingerprint density at radius 3 is 2.32 bits per heavy atom. The normalized spacial score (nSPS) is 17.4. The Labute approximate surface area is 110 Å². The molecular weight excluding hydrogens is 274 g/mol. The Hall–Kier alpha value is -1.78. The Kier molecular flexibility index (Phi) is 3.64. The van der Waals surface area contributed by atoms with Crippen LogP contribution in [0, 0.1) is 10.1 Å². The second-order valence-electron chi connectivity index (χ2n) is 4.06. The highest BCUT2D eigenvalue weighted by Gasteiger charge is 2.24. The third-order valence-electron chi connectivity index (χ3n) is 2.88. The van der Waals surface area contributed by atoms with Gasteiger partial charge in [0, 0.05) is 32.2 Å². The first-order valence-corrected chi connectivity index (χ1v) is 7.01. The number of piperazine rings is 1. The molecule has 1 aromatic heterocycles. The molecule has 0 unspecified atom stereocenters. The molecule has 0 radical (unpaired) electrons. The van der Waals surface area contributed by atoms with Gasteiger partial charge in [-0.2, -0.15) is 12.7 Å². The van der Waals surface area contributed by atoms with Gasteiger partial charge in [-0.1, -0.05) is 0 Å². The van der Waals surface area contributed by atoms with E-state index in [1.807, 2.05) is 4.90 Å². The number of hydrogen-bond acceptors (Lipinski definition) is 6. The van der Waals surface area contributed by atoms with Gasteiger partial charge in [-0.15, -0.1) is 0 Å². The summed E-state index contributed by atoms with van der Waals surface area (Å²) in [5.41, 5.74) is 0.722. The lowest BCUT2D eigenvalue weighted by Gasteiger charge is -2.33. The quantitative estimate of drug-likeness (QED) is 0.580. The molecule has 19 heavy (non-hydrogen) atoms. The maximum atomic E-state index is 11.1. The van der Waals surface area contributed by atoms with E-state index in [4.69, 9.17) is 5.14 Å². The third-order valence-corrected chi connectivity index (χ3v) is 3.97. The summed E-state index contributed by atoms with van der Waals surface area (Å²) in [5.74, 6) is -0.216. The number of hydrogen-bond donors (Lipinski definition) is 1. The monoisotopic (exact) mass is 287 g/mol. The summed E-state index contributed by atoms with van der Waals surface area (Å²) < 4.78 is 23.5. The first-order valence-electron chi connectivity index (χ1n) is 5.51. The number of rotatable bonds is 3. The summed E-state index contributed by atoms with van der Waals surface area (Å²) in [6.45, 7) is 1.51. The molecule has 1 saturated heterocycles. The summed E-state index contributed by atoms with van der Waals surface area (Å²) in [6, 6.07) is 2.92. The van der Waals surface area contributed by atoms with Gasteiger partial charge < -0.3 is 15.0 Å². The lowest BCUT2D eigenvalue weighted by molar-refractivity contribution is -0.389. The zero-order valence-corrected chi connectivity index (χ0v) is 10.8. The summed E-state index contributed by atoms with van der Waals surface area (Å²) in [5, 5.41) is 15.5. The second kappa shape index (κ2) is 5.07. The number of nitrogens with two attached hydrogens (primary N) is 1. The Balaban J connectivity index is 2.03. The van der Waals surface area contributed by atoms with Crippen LogP contribution in [-0.4, -0.2) is 48.8 Å². The molecule has 1 aromatic rings. The molecule has 2 heterocycles. The highest BCUT2D eigenvalue weighted by molar-refractivity contribution is 7.86. The van der Waals surface area contributed by atoms with Crippen molar-refractivity contribution in [2.45, 2.75) is 0 Å². The van der Waals surface area contributed by atoms with Crippen LogP contribution in [0.2, 0.25) is 0 Å². The van der Waals surface area contributed by atoms with Crippen molar-refractivity contribution >= 4 is 21.7 Å². The third kappa shape index (κ3) is 3.16. The molecule has 1 aliphatic rings. The van der Waals surface area contributed by atoms with Crippen molar-refractivity contribution in [3.05, 3.63) is 28.4 Å². The van der Waals surface area contributed by atoms with E-state index >= 15 is 0 Å². The van der Waals surface area contributed by atoms with Crippen LogP contribution in [-0.2, 0) is 10.2 Å². The van der Waals surface area contributed by atoms with Gasteiger partial charge in [-0.05, 0) is 16.0 Å². The number of nitro groups is 1. The molecule has 0 atom stereocenters. The molecule has 0 saturated carbocycles. The lowest BCUT2D eigenvalue weighted by atomic mass is 10.3. The summed E-state index contributed by atoms with van der Waals surface area (Å²) >= 11 is 0. The maximum Gasteiger partial charge on any atom is 0.363 e.